The van der Waals surface area contributed by atoms with Gasteiger partial charge >= 0.3 is 0 Å². The predicted octanol–water partition coefficient (Wildman–Crippen LogP) is 1.50. The Kier molecular flexibility index (Phi) is 7.53. The number of hydrogen-bond donors (Lipinski definition) is 1. The number of benzene rings is 1. The van der Waals surface area contributed by atoms with Gasteiger partial charge in [0.15, 0.2) is 0 Å². The van der Waals surface area contributed by atoms with Crippen molar-refractivity contribution < 1.29 is 14.3 Å². The molecule has 1 aromatic carbocycles. The second kappa shape index (κ2) is 10.7. The van der Waals surface area contributed by atoms with Gasteiger partial charge in [0.1, 0.15) is 0 Å². The molecule has 8 nitrogen and oxygen atoms in total. The van der Waals surface area contributed by atoms with E-state index in [9.17, 15) is 9.59 Å². The number of rotatable bonds is 9. The number of para-hydroxylation sites is 1. The molecule has 0 bridgehead atoms. The summed E-state index contributed by atoms with van der Waals surface area (Å²) in [4.78, 5) is 29.2. The van der Waals surface area contributed by atoms with Crippen LogP contribution < -0.4 is 5.32 Å². The number of ether oxygens (including phenoxy) is 1. The van der Waals surface area contributed by atoms with Gasteiger partial charge < -0.3 is 15.0 Å². The lowest BCUT2D eigenvalue weighted by Gasteiger charge is -2.33. The number of nitrogens with zero attached hydrogens (tertiary/aromatic N) is 4. The standard InChI is InChI=1S/C23H33N5O3/c29-22-8-7-20(18-27(22)11-4-10-26-13-15-31-16-14-26)23(30)24-9-3-12-28-21-6-2-1-5-19(21)17-25-28/h1-2,5-6,17,20H,3-4,7-16,18H2,(H,24,30)/t20-/m0/s1. The molecule has 3 heterocycles. The molecule has 0 saturated carbocycles. The van der Waals surface area contributed by atoms with E-state index in [1.807, 2.05) is 27.9 Å². The Morgan fingerprint density at radius 3 is 2.84 bits per heavy atom. The first-order valence-electron chi connectivity index (χ1n) is 11.5. The third kappa shape index (κ3) is 5.83. The molecule has 0 unspecified atom stereocenters. The van der Waals surface area contributed by atoms with Gasteiger partial charge in [-0.25, -0.2) is 0 Å². The maximum Gasteiger partial charge on any atom is 0.224 e. The molecule has 0 aliphatic carbocycles. The molecule has 0 radical (unpaired) electrons. The zero-order valence-corrected chi connectivity index (χ0v) is 18.2. The van der Waals surface area contributed by atoms with Crippen LogP contribution in [0.3, 0.4) is 0 Å². The molecule has 2 amide bonds. The minimum absolute atomic E-state index is 0.0657. The van der Waals surface area contributed by atoms with Crippen molar-refractivity contribution in [1.29, 1.82) is 0 Å². The van der Waals surface area contributed by atoms with E-state index in [2.05, 4.69) is 27.4 Å². The summed E-state index contributed by atoms with van der Waals surface area (Å²) in [6.45, 7) is 7.15. The van der Waals surface area contributed by atoms with Gasteiger partial charge in [-0.2, -0.15) is 5.10 Å². The van der Waals surface area contributed by atoms with Gasteiger partial charge in [0.25, 0.3) is 0 Å². The first kappa shape index (κ1) is 21.8. The van der Waals surface area contributed by atoms with Gasteiger partial charge in [0, 0.05) is 57.6 Å². The SMILES string of the molecule is O=C(NCCCn1ncc2ccccc21)[C@H]1CCC(=O)N(CCCN2CCOCC2)C1. The molecule has 1 N–H and O–H groups in total. The number of carbonyl (C=O) groups is 2. The van der Waals surface area contributed by atoms with Crippen molar-refractivity contribution in [1.82, 2.24) is 24.9 Å². The average molecular weight is 428 g/mol. The molecule has 2 saturated heterocycles. The first-order chi connectivity index (χ1) is 15.2. The van der Waals surface area contributed by atoms with Crippen molar-refractivity contribution in [2.45, 2.75) is 32.2 Å². The Bertz CT molecular complexity index is 877. The molecule has 2 aliphatic rings. The highest BCUT2D eigenvalue weighted by atomic mass is 16.5. The van der Waals surface area contributed by atoms with Crippen molar-refractivity contribution in [2.75, 3.05) is 52.5 Å². The predicted molar refractivity (Wildman–Crippen MR) is 119 cm³/mol. The van der Waals surface area contributed by atoms with E-state index in [-0.39, 0.29) is 17.7 Å². The summed E-state index contributed by atoms with van der Waals surface area (Å²) in [5, 5.41) is 8.63. The van der Waals surface area contributed by atoms with Crippen LogP contribution in [0.5, 0.6) is 0 Å². The van der Waals surface area contributed by atoms with Gasteiger partial charge in [0.2, 0.25) is 11.8 Å². The normalized spacial score (nSPS) is 20.3. The number of carbonyl (C=O) groups excluding carboxylic acids is 2. The summed E-state index contributed by atoms with van der Waals surface area (Å²) in [7, 11) is 0. The molecular weight excluding hydrogens is 394 g/mol. The lowest BCUT2D eigenvalue weighted by molar-refractivity contribution is -0.138. The number of piperidine rings is 1. The van der Waals surface area contributed by atoms with Crippen molar-refractivity contribution in [3.8, 4) is 0 Å². The largest absolute Gasteiger partial charge is 0.379 e. The average Bonchev–Trinajstić information content (AvgIpc) is 3.21. The smallest absolute Gasteiger partial charge is 0.224 e. The van der Waals surface area contributed by atoms with Crippen molar-refractivity contribution in [3.63, 3.8) is 0 Å². The molecule has 31 heavy (non-hydrogen) atoms. The summed E-state index contributed by atoms with van der Waals surface area (Å²) in [6.07, 6.45) is 4.76. The van der Waals surface area contributed by atoms with Crippen LogP contribution in [0.15, 0.2) is 30.5 Å². The van der Waals surface area contributed by atoms with Crippen LogP contribution in [0.25, 0.3) is 10.9 Å². The zero-order valence-electron chi connectivity index (χ0n) is 18.2. The second-order valence-corrected chi connectivity index (χ2v) is 8.45. The maximum absolute atomic E-state index is 12.7. The van der Waals surface area contributed by atoms with Crippen LogP contribution in [0.2, 0.25) is 0 Å². The first-order valence-corrected chi connectivity index (χ1v) is 11.5. The van der Waals surface area contributed by atoms with Crippen LogP contribution in [0.1, 0.15) is 25.7 Å². The van der Waals surface area contributed by atoms with E-state index in [0.29, 0.717) is 25.9 Å². The highest BCUT2D eigenvalue weighted by Crippen LogP contribution is 2.18. The van der Waals surface area contributed by atoms with Crippen LogP contribution in [-0.2, 0) is 20.9 Å². The third-order valence-electron chi connectivity index (χ3n) is 6.27. The number of amides is 2. The fraction of sp³-hybridized carbons (Fsp3) is 0.609. The van der Waals surface area contributed by atoms with Crippen LogP contribution in [0.4, 0.5) is 0 Å². The number of aromatic nitrogens is 2. The lowest BCUT2D eigenvalue weighted by atomic mass is 9.96. The molecule has 2 fully saturated rings. The molecule has 2 aromatic rings. The lowest BCUT2D eigenvalue weighted by Crippen LogP contribution is -2.47. The minimum atomic E-state index is -0.105. The Labute approximate surface area is 183 Å². The molecule has 1 atom stereocenters. The van der Waals surface area contributed by atoms with Gasteiger partial charge in [-0.1, -0.05) is 18.2 Å². The molecule has 4 rings (SSSR count). The van der Waals surface area contributed by atoms with E-state index in [4.69, 9.17) is 4.74 Å². The quantitative estimate of drug-likeness (QED) is 0.614. The van der Waals surface area contributed by atoms with Crippen molar-refractivity contribution in [3.05, 3.63) is 30.5 Å². The van der Waals surface area contributed by atoms with Crippen LogP contribution >= 0.6 is 0 Å². The van der Waals surface area contributed by atoms with E-state index in [1.54, 1.807) is 0 Å². The summed E-state index contributed by atoms with van der Waals surface area (Å²) >= 11 is 0. The Morgan fingerprint density at radius 2 is 1.97 bits per heavy atom. The fourth-order valence-electron chi connectivity index (χ4n) is 4.44. The Hall–Kier alpha value is -2.45. The maximum atomic E-state index is 12.7. The van der Waals surface area contributed by atoms with Crippen molar-refractivity contribution >= 4 is 22.7 Å². The van der Waals surface area contributed by atoms with E-state index in [0.717, 1.165) is 69.7 Å². The van der Waals surface area contributed by atoms with E-state index < -0.39 is 0 Å². The monoisotopic (exact) mass is 427 g/mol. The number of likely N-dealkylation sites (tertiary alicyclic amines) is 1. The molecule has 1 aromatic heterocycles. The molecular formula is C23H33N5O3. The van der Waals surface area contributed by atoms with Gasteiger partial charge in [-0.15, -0.1) is 0 Å². The van der Waals surface area contributed by atoms with Crippen molar-refractivity contribution in [2.24, 2.45) is 5.92 Å². The molecule has 168 valence electrons. The minimum Gasteiger partial charge on any atom is -0.379 e. The highest BCUT2D eigenvalue weighted by molar-refractivity contribution is 5.83. The van der Waals surface area contributed by atoms with E-state index in [1.165, 1.54) is 0 Å². The molecule has 0 spiro atoms. The van der Waals surface area contributed by atoms with Crippen LogP contribution in [0, 0.1) is 5.92 Å². The fourth-order valence-corrected chi connectivity index (χ4v) is 4.44. The third-order valence-corrected chi connectivity index (χ3v) is 6.27. The highest BCUT2D eigenvalue weighted by Gasteiger charge is 2.29. The number of fused-ring (bicyclic) bond motifs is 1. The summed E-state index contributed by atoms with van der Waals surface area (Å²) in [5.41, 5.74) is 1.12. The molecule has 8 heteroatoms. The topological polar surface area (TPSA) is 79.7 Å². The second-order valence-electron chi connectivity index (χ2n) is 8.45. The number of aryl methyl sites for hydroxylation is 1. The number of hydrogen-bond acceptors (Lipinski definition) is 5. The molecule has 2 aliphatic heterocycles. The summed E-state index contributed by atoms with van der Waals surface area (Å²) in [5.74, 6) is 0.138. The van der Waals surface area contributed by atoms with E-state index >= 15 is 0 Å². The van der Waals surface area contributed by atoms with Gasteiger partial charge in [-0.05, 0) is 25.3 Å². The number of morpholine rings is 1. The zero-order chi connectivity index (χ0) is 21.5. The number of nitrogens with one attached hydrogen (secondary N) is 1. The van der Waals surface area contributed by atoms with Crippen LogP contribution in [-0.4, -0.2) is 83.9 Å². The summed E-state index contributed by atoms with van der Waals surface area (Å²) in [6, 6.07) is 8.14. The summed E-state index contributed by atoms with van der Waals surface area (Å²) < 4.78 is 7.36. The van der Waals surface area contributed by atoms with Gasteiger partial charge in [-0.3, -0.25) is 19.2 Å². The van der Waals surface area contributed by atoms with Gasteiger partial charge in [0.05, 0.1) is 30.8 Å². The Balaban J connectivity index is 1.17. The Morgan fingerprint density at radius 1 is 1.13 bits per heavy atom.